The lowest BCUT2D eigenvalue weighted by atomic mass is 10.2. The number of benzene rings is 1. The summed E-state index contributed by atoms with van der Waals surface area (Å²) in [6.45, 7) is 6.59. The number of nitrogens with zero attached hydrogens (tertiary/aromatic N) is 1. The van der Waals surface area contributed by atoms with E-state index in [1.807, 2.05) is 0 Å². The van der Waals surface area contributed by atoms with Gasteiger partial charge in [-0.1, -0.05) is 6.92 Å². The van der Waals surface area contributed by atoms with Crippen LogP contribution in [0.15, 0.2) is 23.1 Å². The summed E-state index contributed by atoms with van der Waals surface area (Å²) < 4.78 is 37.0. The molecule has 1 rings (SSSR count). The first kappa shape index (κ1) is 20.4. The number of ether oxygens (including phenoxy) is 2. The van der Waals surface area contributed by atoms with Crippen molar-refractivity contribution in [3.05, 3.63) is 23.8 Å². The Morgan fingerprint density at radius 3 is 2.50 bits per heavy atom. The molecule has 1 amide bonds. The minimum atomic E-state index is -3.74. The Morgan fingerprint density at radius 2 is 1.96 bits per heavy atom. The van der Waals surface area contributed by atoms with Crippen molar-refractivity contribution >= 4 is 15.9 Å². The van der Waals surface area contributed by atoms with Gasteiger partial charge in [-0.05, 0) is 37.6 Å². The summed E-state index contributed by atoms with van der Waals surface area (Å²) in [5.41, 5.74) is 0.709. The van der Waals surface area contributed by atoms with Crippen molar-refractivity contribution in [1.82, 2.24) is 9.62 Å². The topological polar surface area (TPSA) is 84.9 Å². The molecule has 1 N–H and O–H groups in total. The van der Waals surface area contributed by atoms with Gasteiger partial charge >= 0.3 is 0 Å². The maximum Gasteiger partial charge on any atom is 0.243 e. The fraction of sp³-hybridized carbons (Fsp3) is 0.562. The summed E-state index contributed by atoms with van der Waals surface area (Å²) in [7, 11) is -2.15. The van der Waals surface area contributed by atoms with Gasteiger partial charge in [0.2, 0.25) is 15.9 Å². The minimum Gasteiger partial charge on any atom is -0.491 e. The van der Waals surface area contributed by atoms with Gasteiger partial charge in [0.25, 0.3) is 0 Å². The van der Waals surface area contributed by atoms with Crippen molar-refractivity contribution in [2.75, 3.05) is 40.0 Å². The Balaban J connectivity index is 2.96. The zero-order chi connectivity index (χ0) is 18.2. The van der Waals surface area contributed by atoms with Crippen LogP contribution >= 0.6 is 0 Å². The van der Waals surface area contributed by atoms with Crippen LogP contribution in [0.4, 0.5) is 0 Å². The van der Waals surface area contributed by atoms with Crippen LogP contribution in [0.1, 0.15) is 19.4 Å². The zero-order valence-electron chi connectivity index (χ0n) is 14.7. The Morgan fingerprint density at radius 1 is 1.25 bits per heavy atom. The summed E-state index contributed by atoms with van der Waals surface area (Å²) in [4.78, 5) is 11.9. The van der Waals surface area contributed by atoms with Crippen molar-refractivity contribution in [1.29, 1.82) is 0 Å². The van der Waals surface area contributed by atoms with E-state index < -0.39 is 10.0 Å². The van der Waals surface area contributed by atoms with Gasteiger partial charge in [-0.15, -0.1) is 0 Å². The highest BCUT2D eigenvalue weighted by atomic mass is 32.2. The van der Waals surface area contributed by atoms with Crippen molar-refractivity contribution in [2.45, 2.75) is 25.7 Å². The minimum absolute atomic E-state index is 0.144. The molecule has 0 radical (unpaired) electrons. The number of likely N-dealkylation sites (N-methyl/N-ethyl adjacent to an activating group) is 2. The van der Waals surface area contributed by atoms with Gasteiger partial charge in [0.15, 0.2) is 0 Å². The van der Waals surface area contributed by atoms with Crippen LogP contribution in [-0.2, 0) is 19.6 Å². The molecule has 0 saturated heterocycles. The molecule has 0 aliphatic heterocycles. The Hall–Kier alpha value is -1.64. The summed E-state index contributed by atoms with van der Waals surface area (Å²) in [6, 6.07) is 4.67. The molecule has 0 atom stereocenters. The number of sulfonamides is 1. The van der Waals surface area contributed by atoms with Crippen LogP contribution in [0.25, 0.3) is 0 Å². The lowest BCUT2D eigenvalue weighted by Gasteiger charge is -2.20. The number of carbonyl (C=O) groups is 1. The Labute approximate surface area is 144 Å². The van der Waals surface area contributed by atoms with Crippen LogP contribution < -0.4 is 10.1 Å². The molecule has 1 aromatic carbocycles. The van der Waals surface area contributed by atoms with E-state index in [0.717, 1.165) is 4.31 Å². The Bertz CT molecular complexity index is 646. The fourth-order valence-electron chi connectivity index (χ4n) is 2.11. The molecule has 1 aromatic rings. The standard InChI is InChI=1S/C16H26N2O5S/c1-5-17-16(19)12-18(6-2)24(20,21)14-7-8-15(13(3)11-14)23-10-9-22-4/h7-8,11H,5-6,9-10,12H2,1-4H3,(H,17,19). The van der Waals surface area contributed by atoms with Crippen molar-refractivity contribution in [3.63, 3.8) is 0 Å². The third-order valence-corrected chi connectivity index (χ3v) is 5.29. The van der Waals surface area contributed by atoms with Gasteiger partial charge < -0.3 is 14.8 Å². The lowest BCUT2D eigenvalue weighted by Crippen LogP contribution is -2.40. The van der Waals surface area contributed by atoms with Gasteiger partial charge in [-0.2, -0.15) is 4.31 Å². The van der Waals surface area contributed by atoms with E-state index in [4.69, 9.17) is 9.47 Å². The molecular weight excluding hydrogens is 332 g/mol. The lowest BCUT2D eigenvalue weighted by molar-refractivity contribution is -0.121. The van der Waals surface area contributed by atoms with E-state index in [0.29, 0.717) is 31.1 Å². The third-order valence-electron chi connectivity index (χ3n) is 3.38. The Kier molecular flexibility index (Phi) is 8.17. The molecule has 24 heavy (non-hydrogen) atoms. The van der Waals surface area contributed by atoms with Crippen LogP contribution in [0.5, 0.6) is 5.75 Å². The van der Waals surface area contributed by atoms with E-state index in [-0.39, 0.29) is 23.9 Å². The number of hydrogen-bond acceptors (Lipinski definition) is 5. The second kappa shape index (κ2) is 9.61. The van der Waals surface area contributed by atoms with Gasteiger partial charge in [0, 0.05) is 20.2 Å². The SMILES string of the molecule is CCNC(=O)CN(CC)S(=O)(=O)c1ccc(OCCOC)c(C)c1. The summed E-state index contributed by atoms with van der Waals surface area (Å²) >= 11 is 0. The molecule has 0 aliphatic rings. The number of aryl methyl sites for hydroxylation is 1. The van der Waals surface area contributed by atoms with E-state index >= 15 is 0 Å². The predicted octanol–water partition coefficient (Wildman–Crippen LogP) is 1.17. The summed E-state index contributed by atoms with van der Waals surface area (Å²) in [5, 5.41) is 2.61. The normalized spacial score (nSPS) is 11.5. The van der Waals surface area contributed by atoms with Gasteiger partial charge in [-0.3, -0.25) is 4.79 Å². The quantitative estimate of drug-likeness (QED) is 0.635. The zero-order valence-corrected chi connectivity index (χ0v) is 15.5. The van der Waals surface area contributed by atoms with Gasteiger partial charge in [0.05, 0.1) is 18.0 Å². The molecule has 8 heteroatoms. The van der Waals surface area contributed by atoms with Crippen LogP contribution in [0, 0.1) is 6.92 Å². The highest BCUT2D eigenvalue weighted by Crippen LogP contribution is 2.24. The molecule has 0 spiro atoms. The molecule has 0 aromatic heterocycles. The molecule has 0 fully saturated rings. The molecule has 0 saturated carbocycles. The molecule has 0 bridgehead atoms. The number of methoxy groups -OCH3 is 1. The summed E-state index contributed by atoms with van der Waals surface area (Å²) in [5.74, 6) is 0.289. The van der Waals surface area contributed by atoms with E-state index in [9.17, 15) is 13.2 Å². The second-order valence-corrected chi connectivity index (χ2v) is 7.09. The van der Waals surface area contributed by atoms with Gasteiger partial charge in [-0.25, -0.2) is 8.42 Å². The predicted molar refractivity (Wildman–Crippen MR) is 91.7 cm³/mol. The molecule has 0 aliphatic carbocycles. The third kappa shape index (κ3) is 5.47. The molecule has 0 heterocycles. The number of amides is 1. The number of carbonyl (C=O) groups excluding carboxylic acids is 1. The van der Waals surface area contributed by atoms with Crippen LogP contribution in [0.2, 0.25) is 0 Å². The van der Waals surface area contributed by atoms with Crippen molar-refractivity contribution in [2.24, 2.45) is 0 Å². The van der Waals surface area contributed by atoms with Gasteiger partial charge in [0.1, 0.15) is 12.4 Å². The van der Waals surface area contributed by atoms with Crippen molar-refractivity contribution in [3.8, 4) is 5.75 Å². The maximum atomic E-state index is 12.7. The molecule has 7 nitrogen and oxygen atoms in total. The summed E-state index contributed by atoms with van der Waals surface area (Å²) in [6.07, 6.45) is 0. The highest BCUT2D eigenvalue weighted by Gasteiger charge is 2.25. The maximum absolute atomic E-state index is 12.7. The van der Waals surface area contributed by atoms with E-state index in [1.54, 1.807) is 40.0 Å². The molecule has 0 unspecified atom stereocenters. The smallest absolute Gasteiger partial charge is 0.243 e. The average Bonchev–Trinajstić information content (AvgIpc) is 2.54. The monoisotopic (exact) mass is 358 g/mol. The number of hydrogen-bond donors (Lipinski definition) is 1. The second-order valence-electron chi connectivity index (χ2n) is 5.15. The molecule has 136 valence electrons. The van der Waals surface area contributed by atoms with Crippen LogP contribution in [-0.4, -0.2) is 58.6 Å². The first-order valence-electron chi connectivity index (χ1n) is 7.86. The number of nitrogens with one attached hydrogen (secondary N) is 1. The highest BCUT2D eigenvalue weighted by molar-refractivity contribution is 7.89. The average molecular weight is 358 g/mol. The van der Waals surface area contributed by atoms with E-state index in [2.05, 4.69) is 5.32 Å². The van der Waals surface area contributed by atoms with Crippen molar-refractivity contribution < 1.29 is 22.7 Å². The number of rotatable bonds is 10. The van der Waals surface area contributed by atoms with Crippen LogP contribution in [0.3, 0.4) is 0 Å². The fourth-order valence-corrected chi connectivity index (χ4v) is 3.60. The largest absolute Gasteiger partial charge is 0.491 e. The first-order chi connectivity index (χ1) is 11.4. The molecular formula is C16H26N2O5S. The first-order valence-corrected chi connectivity index (χ1v) is 9.30. The van der Waals surface area contributed by atoms with E-state index in [1.165, 1.54) is 6.07 Å².